The molecule has 0 aliphatic heterocycles. The molecule has 2 nitrogen and oxygen atoms in total. The molecule has 1 aliphatic rings. The van der Waals surface area contributed by atoms with Crippen LogP contribution in [0.15, 0.2) is 24.5 Å². The van der Waals surface area contributed by atoms with Gasteiger partial charge in [-0.2, -0.15) is 0 Å². The predicted molar refractivity (Wildman–Crippen MR) is 56.6 cm³/mol. The highest BCUT2D eigenvalue weighted by Gasteiger charge is 2.09. The summed E-state index contributed by atoms with van der Waals surface area (Å²) in [5.41, 5.74) is 0. The summed E-state index contributed by atoms with van der Waals surface area (Å²) in [6.07, 6.45) is 10.4. The Kier molecular flexibility index (Phi) is 4.44. The van der Waals surface area contributed by atoms with Crippen molar-refractivity contribution in [3.8, 4) is 0 Å². The molecule has 0 atom stereocenters. The van der Waals surface area contributed by atoms with Crippen molar-refractivity contribution < 1.29 is 9.53 Å². The van der Waals surface area contributed by atoms with Gasteiger partial charge in [0.25, 0.3) is 0 Å². The van der Waals surface area contributed by atoms with Gasteiger partial charge in [-0.15, -0.1) is 0 Å². The third-order valence-electron chi connectivity index (χ3n) is 2.48. The summed E-state index contributed by atoms with van der Waals surface area (Å²) in [7, 11) is 0. The Labute approximate surface area is 85.6 Å². The van der Waals surface area contributed by atoms with Crippen molar-refractivity contribution in [2.45, 2.75) is 39.0 Å². The van der Waals surface area contributed by atoms with E-state index in [-0.39, 0.29) is 5.97 Å². The first-order chi connectivity index (χ1) is 6.68. The van der Waals surface area contributed by atoms with Crippen molar-refractivity contribution in [2.75, 3.05) is 0 Å². The van der Waals surface area contributed by atoms with E-state index in [0.29, 0.717) is 11.7 Å². The molecule has 0 spiro atoms. The van der Waals surface area contributed by atoms with Crippen molar-refractivity contribution in [3.05, 3.63) is 24.5 Å². The second kappa shape index (κ2) is 5.63. The second-order valence-electron chi connectivity index (χ2n) is 3.82. The smallest absolute Gasteiger partial charge is 0.308 e. The molecule has 14 heavy (non-hydrogen) atoms. The number of hydrogen-bond donors (Lipinski definition) is 0. The lowest BCUT2D eigenvalue weighted by atomic mass is 9.89. The van der Waals surface area contributed by atoms with Gasteiger partial charge in [-0.3, -0.25) is 4.79 Å². The Morgan fingerprint density at radius 3 is 2.57 bits per heavy atom. The largest absolute Gasteiger partial charge is 0.427 e. The molecule has 0 bridgehead atoms. The van der Waals surface area contributed by atoms with Crippen LogP contribution in [-0.4, -0.2) is 5.97 Å². The summed E-state index contributed by atoms with van der Waals surface area (Å²) in [5, 5.41) is 0. The van der Waals surface area contributed by atoms with E-state index in [1.165, 1.54) is 39.0 Å². The Morgan fingerprint density at radius 2 is 2.00 bits per heavy atom. The standard InChI is InChI=1S/C12H18O2/c1-10(14-11(2)13)8-9-12-6-4-3-5-7-12/h8-9,12H,1,3-7H2,2H3/b9-8+. The minimum atomic E-state index is -0.303. The van der Waals surface area contributed by atoms with E-state index in [4.69, 9.17) is 4.74 Å². The number of allylic oxidation sites excluding steroid dienone is 2. The van der Waals surface area contributed by atoms with Gasteiger partial charge in [-0.25, -0.2) is 0 Å². The van der Waals surface area contributed by atoms with Crippen LogP contribution in [0.1, 0.15) is 39.0 Å². The van der Waals surface area contributed by atoms with E-state index in [1.807, 2.05) is 6.08 Å². The topological polar surface area (TPSA) is 26.3 Å². The lowest BCUT2D eigenvalue weighted by Crippen LogP contribution is -2.03. The first kappa shape index (κ1) is 11.0. The molecule has 0 N–H and O–H groups in total. The van der Waals surface area contributed by atoms with E-state index in [1.54, 1.807) is 0 Å². The molecule has 0 heterocycles. The highest BCUT2D eigenvalue weighted by molar-refractivity contribution is 5.67. The zero-order valence-corrected chi connectivity index (χ0v) is 8.79. The molecule has 0 aromatic carbocycles. The Hall–Kier alpha value is -1.05. The van der Waals surface area contributed by atoms with Crippen LogP contribution in [0.5, 0.6) is 0 Å². The molecule has 0 aromatic rings. The maximum atomic E-state index is 10.6. The maximum Gasteiger partial charge on any atom is 0.308 e. The highest BCUT2D eigenvalue weighted by Crippen LogP contribution is 2.24. The van der Waals surface area contributed by atoms with Gasteiger partial charge < -0.3 is 4.74 Å². The number of rotatable bonds is 3. The third kappa shape index (κ3) is 4.26. The number of esters is 1. The second-order valence-corrected chi connectivity index (χ2v) is 3.82. The summed E-state index contributed by atoms with van der Waals surface area (Å²) in [4.78, 5) is 10.6. The average Bonchev–Trinajstić information content (AvgIpc) is 2.15. The van der Waals surface area contributed by atoms with Gasteiger partial charge in [0.1, 0.15) is 5.76 Å². The number of carbonyl (C=O) groups excluding carboxylic acids is 1. The fraction of sp³-hybridized carbons (Fsp3) is 0.583. The first-order valence-corrected chi connectivity index (χ1v) is 5.24. The number of ether oxygens (including phenoxy) is 1. The van der Waals surface area contributed by atoms with Gasteiger partial charge in [0, 0.05) is 6.92 Å². The molecule has 0 amide bonds. The van der Waals surface area contributed by atoms with Crippen LogP contribution in [0, 0.1) is 5.92 Å². The maximum absolute atomic E-state index is 10.6. The van der Waals surface area contributed by atoms with E-state index < -0.39 is 0 Å². The molecular weight excluding hydrogens is 176 g/mol. The van der Waals surface area contributed by atoms with E-state index in [0.717, 1.165) is 0 Å². The molecule has 1 fully saturated rings. The Balaban J connectivity index is 2.30. The third-order valence-corrected chi connectivity index (χ3v) is 2.48. The zero-order valence-electron chi connectivity index (χ0n) is 8.79. The van der Waals surface area contributed by atoms with Crippen molar-refractivity contribution >= 4 is 5.97 Å². The van der Waals surface area contributed by atoms with Crippen LogP contribution in [0.2, 0.25) is 0 Å². The van der Waals surface area contributed by atoms with Gasteiger partial charge >= 0.3 is 5.97 Å². The zero-order chi connectivity index (χ0) is 10.4. The van der Waals surface area contributed by atoms with Gasteiger partial charge in [-0.1, -0.05) is 31.9 Å². The van der Waals surface area contributed by atoms with Crippen LogP contribution in [0.4, 0.5) is 0 Å². The van der Waals surface area contributed by atoms with Gasteiger partial charge in [0.15, 0.2) is 0 Å². The predicted octanol–water partition coefficient (Wildman–Crippen LogP) is 3.20. The SMILES string of the molecule is C=C(/C=C/C1CCCCC1)OC(C)=O. The monoisotopic (exact) mass is 194 g/mol. The van der Waals surface area contributed by atoms with Crippen LogP contribution >= 0.6 is 0 Å². The van der Waals surface area contributed by atoms with E-state index in [9.17, 15) is 4.79 Å². The lowest BCUT2D eigenvalue weighted by Gasteiger charge is -2.17. The van der Waals surface area contributed by atoms with Crippen LogP contribution in [0.3, 0.4) is 0 Å². The fourth-order valence-corrected chi connectivity index (χ4v) is 1.79. The van der Waals surface area contributed by atoms with E-state index >= 15 is 0 Å². The summed E-state index contributed by atoms with van der Waals surface area (Å²) >= 11 is 0. The minimum absolute atomic E-state index is 0.303. The first-order valence-electron chi connectivity index (χ1n) is 5.24. The van der Waals surface area contributed by atoms with Crippen molar-refractivity contribution in [1.82, 2.24) is 0 Å². The minimum Gasteiger partial charge on any atom is -0.427 e. The van der Waals surface area contributed by atoms with Crippen LogP contribution < -0.4 is 0 Å². The van der Waals surface area contributed by atoms with Crippen molar-refractivity contribution in [3.63, 3.8) is 0 Å². The normalized spacial score (nSPS) is 18.4. The molecule has 1 saturated carbocycles. The highest BCUT2D eigenvalue weighted by atomic mass is 16.5. The van der Waals surface area contributed by atoms with Crippen molar-refractivity contribution in [1.29, 1.82) is 0 Å². The van der Waals surface area contributed by atoms with Crippen molar-refractivity contribution in [2.24, 2.45) is 5.92 Å². The molecule has 0 radical (unpaired) electrons. The molecule has 78 valence electrons. The number of carbonyl (C=O) groups is 1. The lowest BCUT2D eigenvalue weighted by molar-refractivity contribution is -0.136. The van der Waals surface area contributed by atoms with Gasteiger partial charge in [-0.05, 0) is 24.8 Å². The summed E-state index contributed by atoms with van der Waals surface area (Å²) in [6.45, 7) is 5.04. The number of hydrogen-bond acceptors (Lipinski definition) is 2. The molecule has 0 unspecified atom stereocenters. The van der Waals surface area contributed by atoms with Crippen LogP contribution in [0.25, 0.3) is 0 Å². The quantitative estimate of drug-likeness (QED) is 0.392. The molecule has 1 aliphatic carbocycles. The molecule has 0 saturated heterocycles. The summed E-state index contributed by atoms with van der Waals surface area (Å²) in [5.74, 6) is 0.794. The molecule has 2 heteroatoms. The fourth-order valence-electron chi connectivity index (χ4n) is 1.79. The molecular formula is C12H18O2. The summed E-state index contributed by atoms with van der Waals surface area (Å²) in [6, 6.07) is 0. The Bertz CT molecular complexity index is 235. The van der Waals surface area contributed by atoms with Gasteiger partial charge in [0.2, 0.25) is 0 Å². The van der Waals surface area contributed by atoms with E-state index in [2.05, 4.69) is 12.7 Å². The molecule has 0 aromatic heterocycles. The van der Waals surface area contributed by atoms with Crippen LogP contribution in [-0.2, 0) is 9.53 Å². The summed E-state index contributed by atoms with van der Waals surface area (Å²) < 4.78 is 4.82. The average molecular weight is 194 g/mol. The molecule has 1 rings (SSSR count). The van der Waals surface area contributed by atoms with Gasteiger partial charge in [0.05, 0.1) is 0 Å². The Morgan fingerprint density at radius 1 is 1.36 bits per heavy atom.